The molecule has 0 saturated carbocycles. The van der Waals surface area contributed by atoms with Crippen molar-refractivity contribution in [3.05, 3.63) is 66.2 Å². The third-order valence-corrected chi connectivity index (χ3v) is 4.19. The molecule has 0 bridgehead atoms. The highest BCUT2D eigenvalue weighted by molar-refractivity contribution is 5.88. The largest absolute Gasteiger partial charge is 0.484 e. The number of hydrogen-bond acceptors (Lipinski definition) is 6. The summed E-state index contributed by atoms with van der Waals surface area (Å²) in [4.78, 5) is 23.0. The first-order chi connectivity index (χ1) is 15.0. The van der Waals surface area contributed by atoms with Crippen molar-refractivity contribution in [1.29, 1.82) is 0 Å². The molecular formula is C23H24N4O4. The van der Waals surface area contributed by atoms with E-state index in [2.05, 4.69) is 20.8 Å². The number of nitrogens with zero attached hydrogens (tertiary/aromatic N) is 2. The van der Waals surface area contributed by atoms with Gasteiger partial charge in [-0.3, -0.25) is 9.59 Å². The molecule has 3 rings (SSSR count). The van der Waals surface area contributed by atoms with Gasteiger partial charge >= 0.3 is 0 Å². The van der Waals surface area contributed by atoms with Gasteiger partial charge in [-0.25, -0.2) is 0 Å². The number of amides is 2. The van der Waals surface area contributed by atoms with Crippen molar-refractivity contribution < 1.29 is 19.1 Å². The molecule has 2 N–H and O–H groups in total. The predicted octanol–water partition coefficient (Wildman–Crippen LogP) is 2.98. The molecule has 2 aromatic carbocycles. The van der Waals surface area contributed by atoms with Crippen LogP contribution in [0, 0.1) is 6.92 Å². The van der Waals surface area contributed by atoms with Gasteiger partial charge in [-0.2, -0.15) is 0 Å². The first kappa shape index (κ1) is 21.8. The van der Waals surface area contributed by atoms with E-state index >= 15 is 0 Å². The Kier molecular flexibility index (Phi) is 7.53. The monoisotopic (exact) mass is 420 g/mol. The van der Waals surface area contributed by atoms with Crippen LogP contribution in [0.15, 0.2) is 60.7 Å². The minimum absolute atomic E-state index is 0.144. The number of ether oxygens (including phenoxy) is 2. The fourth-order valence-electron chi connectivity index (χ4n) is 2.69. The van der Waals surface area contributed by atoms with Gasteiger partial charge in [0.05, 0.1) is 12.2 Å². The summed E-state index contributed by atoms with van der Waals surface area (Å²) in [6.07, 6.45) is 0. The third kappa shape index (κ3) is 7.11. The summed E-state index contributed by atoms with van der Waals surface area (Å²) in [6.45, 7) is 3.86. The van der Waals surface area contributed by atoms with Crippen LogP contribution >= 0.6 is 0 Å². The van der Waals surface area contributed by atoms with E-state index in [-0.39, 0.29) is 25.0 Å². The maximum Gasteiger partial charge on any atom is 0.258 e. The summed E-state index contributed by atoms with van der Waals surface area (Å²) in [5, 5.41) is 13.6. The van der Waals surface area contributed by atoms with Crippen LogP contribution in [0.25, 0.3) is 11.3 Å². The van der Waals surface area contributed by atoms with E-state index in [4.69, 9.17) is 9.47 Å². The van der Waals surface area contributed by atoms with Gasteiger partial charge in [0.1, 0.15) is 12.4 Å². The smallest absolute Gasteiger partial charge is 0.258 e. The molecule has 8 heteroatoms. The highest BCUT2D eigenvalue weighted by Crippen LogP contribution is 2.18. The Morgan fingerprint density at radius 1 is 0.968 bits per heavy atom. The molecule has 160 valence electrons. The average Bonchev–Trinajstić information content (AvgIpc) is 2.76. The molecule has 0 aliphatic rings. The van der Waals surface area contributed by atoms with Crippen LogP contribution in [0.2, 0.25) is 0 Å². The second kappa shape index (κ2) is 10.7. The summed E-state index contributed by atoms with van der Waals surface area (Å²) < 4.78 is 11.0. The Morgan fingerprint density at radius 3 is 2.48 bits per heavy atom. The zero-order chi connectivity index (χ0) is 22.1. The van der Waals surface area contributed by atoms with Crippen molar-refractivity contribution in [2.24, 2.45) is 0 Å². The lowest BCUT2D eigenvalue weighted by Gasteiger charge is -2.09. The maximum atomic E-state index is 11.9. The number of aromatic nitrogens is 2. The number of carbonyl (C=O) groups excluding carboxylic acids is 2. The van der Waals surface area contributed by atoms with Crippen molar-refractivity contribution in [2.75, 3.05) is 25.1 Å². The summed E-state index contributed by atoms with van der Waals surface area (Å²) >= 11 is 0. The Balaban J connectivity index is 1.37. The molecule has 0 aliphatic heterocycles. The summed E-state index contributed by atoms with van der Waals surface area (Å²) in [6, 6.07) is 18.4. The Labute approximate surface area is 180 Å². The molecule has 0 atom stereocenters. The predicted molar refractivity (Wildman–Crippen MR) is 117 cm³/mol. The van der Waals surface area contributed by atoms with E-state index in [1.54, 1.807) is 30.3 Å². The fraction of sp³-hybridized carbons (Fsp3) is 0.217. The molecule has 2 amide bonds. The molecule has 0 saturated heterocycles. The zero-order valence-electron chi connectivity index (χ0n) is 17.4. The highest BCUT2D eigenvalue weighted by Gasteiger charge is 2.05. The quantitative estimate of drug-likeness (QED) is 0.516. The molecule has 0 radical (unpaired) electrons. The van der Waals surface area contributed by atoms with Gasteiger partial charge in [-0.15, -0.1) is 10.2 Å². The number of hydrogen-bond donors (Lipinski definition) is 2. The first-order valence-corrected chi connectivity index (χ1v) is 9.80. The normalized spacial score (nSPS) is 10.3. The van der Waals surface area contributed by atoms with E-state index < -0.39 is 0 Å². The maximum absolute atomic E-state index is 11.9. The van der Waals surface area contributed by atoms with Crippen LogP contribution in [-0.2, 0) is 9.59 Å². The summed E-state index contributed by atoms with van der Waals surface area (Å²) in [7, 11) is 0. The van der Waals surface area contributed by atoms with E-state index in [1.807, 2.05) is 37.3 Å². The van der Waals surface area contributed by atoms with Gasteiger partial charge in [0.25, 0.3) is 5.91 Å². The van der Waals surface area contributed by atoms with Crippen LogP contribution in [0.4, 0.5) is 5.69 Å². The summed E-state index contributed by atoms with van der Waals surface area (Å²) in [5.41, 5.74) is 3.54. The van der Waals surface area contributed by atoms with Gasteiger partial charge in [0.2, 0.25) is 11.8 Å². The number of rotatable bonds is 9. The van der Waals surface area contributed by atoms with E-state index in [1.165, 1.54) is 12.5 Å². The van der Waals surface area contributed by atoms with E-state index in [0.29, 0.717) is 23.9 Å². The van der Waals surface area contributed by atoms with Crippen molar-refractivity contribution in [3.8, 4) is 22.9 Å². The number of carbonyl (C=O) groups is 2. The fourth-order valence-corrected chi connectivity index (χ4v) is 2.69. The lowest BCUT2D eigenvalue weighted by atomic mass is 10.1. The van der Waals surface area contributed by atoms with Crippen LogP contribution in [0.3, 0.4) is 0 Å². The SMILES string of the molecule is CC(=O)Nc1cccc(OCC(=O)NCCOc2ccc(-c3ccc(C)cc3)nn2)c1. The van der Waals surface area contributed by atoms with Crippen LogP contribution < -0.4 is 20.1 Å². The lowest BCUT2D eigenvalue weighted by Crippen LogP contribution is -2.32. The van der Waals surface area contributed by atoms with Gasteiger partial charge in [0.15, 0.2) is 6.61 Å². The number of benzene rings is 2. The van der Waals surface area contributed by atoms with Gasteiger partial charge in [-0.1, -0.05) is 35.9 Å². The molecular weight excluding hydrogens is 396 g/mol. The first-order valence-electron chi connectivity index (χ1n) is 9.80. The molecule has 0 aliphatic carbocycles. The van der Waals surface area contributed by atoms with Crippen molar-refractivity contribution in [2.45, 2.75) is 13.8 Å². The van der Waals surface area contributed by atoms with E-state index in [0.717, 1.165) is 11.3 Å². The number of aryl methyl sites for hydroxylation is 1. The average molecular weight is 420 g/mol. The molecule has 0 unspecified atom stereocenters. The topological polar surface area (TPSA) is 102 Å². The molecule has 1 aromatic heterocycles. The molecule has 1 heterocycles. The minimum atomic E-state index is -0.283. The van der Waals surface area contributed by atoms with Crippen molar-refractivity contribution in [1.82, 2.24) is 15.5 Å². The number of nitrogens with one attached hydrogen (secondary N) is 2. The minimum Gasteiger partial charge on any atom is -0.484 e. The van der Waals surface area contributed by atoms with E-state index in [9.17, 15) is 9.59 Å². The third-order valence-electron chi connectivity index (χ3n) is 4.19. The van der Waals surface area contributed by atoms with Crippen molar-refractivity contribution >= 4 is 17.5 Å². The van der Waals surface area contributed by atoms with Crippen LogP contribution in [0.1, 0.15) is 12.5 Å². The Bertz CT molecular complexity index is 1020. The second-order valence-electron chi connectivity index (χ2n) is 6.82. The Morgan fingerprint density at radius 2 is 1.77 bits per heavy atom. The van der Waals surface area contributed by atoms with Gasteiger partial charge < -0.3 is 20.1 Å². The standard InChI is InChI=1S/C23H24N4O4/c1-16-6-8-18(9-7-16)21-10-11-23(27-26-21)30-13-12-24-22(29)15-31-20-5-3-4-19(14-20)25-17(2)28/h3-11,14H,12-13,15H2,1-2H3,(H,24,29)(H,25,28). The lowest BCUT2D eigenvalue weighted by molar-refractivity contribution is -0.123. The molecule has 0 fully saturated rings. The Hall–Kier alpha value is -3.94. The molecule has 0 spiro atoms. The summed E-state index contributed by atoms with van der Waals surface area (Å²) in [5.74, 6) is 0.413. The second-order valence-corrected chi connectivity index (χ2v) is 6.82. The molecule has 3 aromatic rings. The highest BCUT2D eigenvalue weighted by atomic mass is 16.5. The van der Waals surface area contributed by atoms with Gasteiger partial charge in [0, 0.05) is 30.3 Å². The van der Waals surface area contributed by atoms with Crippen molar-refractivity contribution in [3.63, 3.8) is 0 Å². The molecule has 31 heavy (non-hydrogen) atoms. The number of anilines is 1. The zero-order valence-corrected chi connectivity index (χ0v) is 17.4. The molecule has 8 nitrogen and oxygen atoms in total. The van der Waals surface area contributed by atoms with Crippen LogP contribution in [0.5, 0.6) is 11.6 Å². The van der Waals surface area contributed by atoms with Gasteiger partial charge in [-0.05, 0) is 25.1 Å². The van der Waals surface area contributed by atoms with Crippen LogP contribution in [-0.4, -0.2) is 41.8 Å².